The van der Waals surface area contributed by atoms with Crippen LogP contribution in [0.25, 0.3) is 0 Å². The topological polar surface area (TPSA) is 54.0 Å². The molecule has 2 heterocycles. The van der Waals surface area contributed by atoms with Crippen LogP contribution in [0.3, 0.4) is 0 Å². The number of carbonyl (C=O) groups is 1. The van der Waals surface area contributed by atoms with Gasteiger partial charge in [-0.1, -0.05) is 12.1 Å². The summed E-state index contributed by atoms with van der Waals surface area (Å²) < 4.78 is 10.3. The molecule has 3 rings (SSSR count). The Labute approximate surface area is 166 Å². The first-order chi connectivity index (χ1) is 13.2. The van der Waals surface area contributed by atoms with Crippen molar-refractivity contribution in [1.29, 1.82) is 0 Å². The first-order valence-electron chi connectivity index (χ1n) is 9.74. The Kier molecular flexibility index (Phi) is 7.43. The number of benzene rings is 1. The molecule has 0 aromatic heterocycles. The lowest BCUT2D eigenvalue weighted by Gasteiger charge is -2.39. The monoisotopic (exact) mass is 391 g/mol. The van der Waals surface area contributed by atoms with Crippen molar-refractivity contribution >= 4 is 29.0 Å². The average molecular weight is 392 g/mol. The van der Waals surface area contributed by atoms with Crippen LogP contribution < -0.4 is 5.32 Å². The first kappa shape index (κ1) is 20.0. The molecule has 0 radical (unpaired) electrons. The van der Waals surface area contributed by atoms with Crippen LogP contribution in [0.4, 0.5) is 5.69 Å². The fourth-order valence-electron chi connectivity index (χ4n) is 3.79. The number of hydrogen-bond acceptors (Lipinski definition) is 5. The number of anilines is 1. The number of rotatable bonds is 5. The minimum absolute atomic E-state index is 0.358. The highest BCUT2D eigenvalue weighted by atomic mass is 32.1. The molecular weight excluding hydrogens is 362 g/mol. The Bertz CT molecular complexity index is 649. The number of thiocarbonyl (C=S) groups is 1. The summed E-state index contributed by atoms with van der Waals surface area (Å²) in [5.74, 6) is -0.358. The summed E-state index contributed by atoms with van der Waals surface area (Å²) in [5, 5.41) is 3.98. The summed E-state index contributed by atoms with van der Waals surface area (Å²) in [6.45, 7) is 5.73. The maximum absolute atomic E-state index is 12.0. The number of piperidine rings is 1. The molecule has 1 N–H and O–H groups in total. The Morgan fingerprint density at radius 2 is 2.04 bits per heavy atom. The first-order valence-corrected chi connectivity index (χ1v) is 10.1. The molecule has 0 saturated carbocycles. The lowest BCUT2D eigenvalue weighted by Crippen LogP contribution is -2.48. The molecule has 0 amide bonds. The summed E-state index contributed by atoms with van der Waals surface area (Å²) >= 11 is 5.72. The van der Waals surface area contributed by atoms with Gasteiger partial charge in [0.2, 0.25) is 0 Å². The van der Waals surface area contributed by atoms with Crippen molar-refractivity contribution in [3.63, 3.8) is 0 Å². The highest BCUT2D eigenvalue weighted by Crippen LogP contribution is 2.23. The molecule has 27 heavy (non-hydrogen) atoms. The van der Waals surface area contributed by atoms with Gasteiger partial charge in [-0.2, -0.15) is 0 Å². The second-order valence-electron chi connectivity index (χ2n) is 7.05. The van der Waals surface area contributed by atoms with Crippen LogP contribution in [-0.4, -0.2) is 73.4 Å². The van der Waals surface area contributed by atoms with Crippen molar-refractivity contribution < 1.29 is 14.3 Å². The van der Waals surface area contributed by atoms with Gasteiger partial charge >= 0.3 is 5.97 Å². The number of para-hydroxylation sites is 1. The van der Waals surface area contributed by atoms with Crippen molar-refractivity contribution in [2.45, 2.75) is 31.7 Å². The van der Waals surface area contributed by atoms with Crippen LogP contribution in [0.5, 0.6) is 0 Å². The molecule has 2 saturated heterocycles. The molecule has 2 fully saturated rings. The number of nitrogens with zero attached hydrogens (tertiary/aromatic N) is 2. The van der Waals surface area contributed by atoms with Crippen LogP contribution in [0.1, 0.15) is 36.0 Å². The lowest BCUT2D eigenvalue weighted by atomic mass is 9.99. The van der Waals surface area contributed by atoms with E-state index in [0.29, 0.717) is 22.4 Å². The molecule has 1 atom stereocenters. The number of hydrogen-bond donors (Lipinski definition) is 1. The van der Waals surface area contributed by atoms with Crippen molar-refractivity contribution in [1.82, 2.24) is 9.80 Å². The predicted octanol–water partition coefficient (Wildman–Crippen LogP) is 2.75. The number of nitrogens with one attached hydrogen (secondary N) is 1. The Balaban J connectivity index is 1.62. The molecule has 1 aromatic carbocycles. The molecule has 0 bridgehead atoms. The number of morpholine rings is 1. The van der Waals surface area contributed by atoms with Gasteiger partial charge in [0.05, 0.1) is 31.6 Å². The van der Waals surface area contributed by atoms with E-state index in [9.17, 15) is 4.79 Å². The zero-order valence-electron chi connectivity index (χ0n) is 16.0. The normalized spacial score (nSPS) is 20.9. The summed E-state index contributed by atoms with van der Waals surface area (Å²) in [7, 11) is 1.39. The Hall–Kier alpha value is -1.70. The number of carbonyl (C=O) groups excluding carboxylic acids is 1. The number of likely N-dealkylation sites (tertiary alicyclic amines) is 1. The highest BCUT2D eigenvalue weighted by molar-refractivity contribution is 7.80. The van der Waals surface area contributed by atoms with E-state index in [4.69, 9.17) is 21.7 Å². The van der Waals surface area contributed by atoms with Crippen LogP contribution in [0.2, 0.25) is 0 Å². The third kappa shape index (κ3) is 5.40. The van der Waals surface area contributed by atoms with Crippen molar-refractivity contribution in [3.05, 3.63) is 29.8 Å². The largest absolute Gasteiger partial charge is 0.465 e. The molecule has 1 aromatic rings. The molecular formula is C20H29N3O3S. The van der Waals surface area contributed by atoms with Crippen LogP contribution in [0, 0.1) is 0 Å². The number of esters is 1. The van der Waals surface area contributed by atoms with Crippen LogP contribution in [0.15, 0.2) is 24.3 Å². The van der Waals surface area contributed by atoms with E-state index in [1.54, 1.807) is 6.07 Å². The van der Waals surface area contributed by atoms with Gasteiger partial charge in [-0.15, -0.1) is 0 Å². The Morgan fingerprint density at radius 3 is 2.81 bits per heavy atom. The standard InChI is InChI=1S/C20H29N3O3S/c1-25-19(24)17-7-2-3-8-18(17)21-20(27)23-10-5-4-6-16(23)9-11-22-12-14-26-15-13-22/h2-3,7-8,16H,4-6,9-15H2,1H3,(H,21,27)/t16-/m0/s1. The molecule has 2 aliphatic rings. The molecule has 148 valence electrons. The van der Waals surface area contributed by atoms with E-state index >= 15 is 0 Å². The maximum Gasteiger partial charge on any atom is 0.339 e. The smallest absolute Gasteiger partial charge is 0.339 e. The molecule has 6 nitrogen and oxygen atoms in total. The SMILES string of the molecule is COC(=O)c1ccccc1NC(=S)N1CCCC[C@H]1CCN1CCOCC1. The van der Waals surface area contributed by atoms with Gasteiger partial charge in [0.25, 0.3) is 0 Å². The van der Waals surface area contributed by atoms with E-state index in [1.165, 1.54) is 13.5 Å². The van der Waals surface area contributed by atoms with Crippen molar-refractivity contribution in [2.75, 3.05) is 51.8 Å². The summed E-state index contributed by atoms with van der Waals surface area (Å²) in [5.41, 5.74) is 1.20. The van der Waals surface area contributed by atoms with Gasteiger partial charge in [0.15, 0.2) is 5.11 Å². The Morgan fingerprint density at radius 1 is 1.26 bits per heavy atom. The summed E-state index contributed by atoms with van der Waals surface area (Å²) in [6, 6.07) is 7.77. The third-order valence-electron chi connectivity index (χ3n) is 5.34. The molecule has 7 heteroatoms. The van der Waals surface area contributed by atoms with Crippen LogP contribution >= 0.6 is 12.2 Å². The van der Waals surface area contributed by atoms with Gasteiger partial charge in [-0.3, -0.25) is 4.90 Å². The second kappa shape index (κ2) is 10.0. The minimum atomic E-state index is -0.358. The maximum atomic E-state index is 12.0. The van der Waals surface area contributed by atoms with E-state index in [1.807, 2.05) is 18.2 Å². The van der Waals surface area contributed by atoms with E-state index in [2.05, 4.69) is 15.1 Å². The van der Waals surface area contributed by atoms with Gasteiger partial charge in [-0.05, 0) is 50.0 Å². The highest BCUT2D eigenvalue weighted by Gasteiger charge is 2.26. The molecule has 0 spiro atoms. The predicted molar refractivity (Wildman–Crippen MR) is 110 cm³/mol. The minimum Gasteiger partial charge on any atom is -0.465 e. The zero-order valence-corrected chi connectivity index (χ0v) is 16.8. The van der Waals surface area contributed by atoms with Gasteiger partial charge in [0.1, 0.15) is 0 Å². The van der Waals surface area contributed by atoms with Gasteiger partial charge in [0, 0.05) is 32.2 Å². The average Bonchev–Trinajstić information content (AvgIpc) is 2.73. The zero-order chi connectivity index (χ0) is 19.1. The van der Waals surface area contributed by atoms with Crippen LogP contribution in [-0.2, 0) is 9.47 Å². The summed E-state index contributed by atoms with van der Waals surface area (Å²) in [4.78, 5) is 16.8. The number of ether oxygens (including phenoxy) is 2. The number of methoxy groups -OCH3 is 1. The molecule has 0 aliphatic carbocycles. The van der Waals surface area contributed by atoms with Crippen molar-refractivity contribution in [3.8, 4) is 0 Å². The van der Waals surface area contributed by atoms with E-state index < -0.39 is 0 Å². The van der Waals surface area contributed by atoms with Crippen molar-refractivity contribution in [2.24, 2.45) is 0 Å². The third-order valence-corrected chi connectivity index (χ3v) is 5.68. The van der Waals surface area contributed by atoms with Gasteiger partial charge < -0.3 is 19.7 Å². The molecule has 0 unspecified atom stereocenters. The van der Waals surface area contributed by atoms with E-state index in [-0.39, 0.29) is 5.97 Å². The lowest BCUT2D eigenvalue weighted by molar-refractivity contribution is 0.0338. The summed E-state index contributed by atoms with van der Waals surface area (Å²) in [6.07, 6.45) is 4.64. The van der Waals surface area contributed by atoms with E-state index in [0.717, 1.165) is 58.7 Å². The fourth-order valence-corrected chi connectivity index (χ4v) is 4.14. The second-order valence-corrected chi connectivity index (χ2v) is 7.44. The molecule has 2 aliphatic heterocycles. The fraction of sp³-hybridized carbons (Fsp3) is 0.600. The van der Waals surface area contributed by atoms with Gasteiger partial charge in [-0.25, -0.2) is 4.79 Å². The quantitative estimate of drug-likeness (QED) is 0.612.